The van der Waals surface area contributed by atoms with Gasteiger partial charge in [-0.1, -0.05) is 24.7 Å². The summed E-state index contributed by atoms with van der Waals surface area (Å²) in [6.07, 6.45) is 3.14. The second-order valence-electron chi connectivity index (χ2n) is 8.68. The molecule has 4 aromatic rings. The van der Waals surface area contributed by atoms with Gasteiger partial charge >= 0.3 is 0 Å². The summed E-state index contributed by atoms with van der Waals surface area (Å²) >= 11 is 1.12. The van der Waals surface area contributed by atoms with Crippen molar-refractivity contribution in [3.05, 3.63) is 83.7 Å². The van der Waals surface area contributed by atoms with E-state index < -0.39 is 21.7 Å². The minimum atomic E-state index is -3.68. The van der Waals surface area contributed by atoms with Gasteiger partial charge in [-0.2, -0.15) is 10.1 Å². The average Bonchev–Trinajstić information content (AvgIpc) is 3.35. The fraction of sp³-hybridized carbons (Fsp3) is 0.250. The van der Waals surface area contributed by atoms with Crippen LogP contribution in [0.15, 0.2) is 76.7 Å². The number of ether oxygens (including phenoxy) is 1. The lowest BCUT2D eigenvalue weighted by Crippen LogP contribution is -2.28. The molecule has 8 nitrogen and oxygen atoms in total. The molecule has 0 aliphatic heterocycles. The van der Waals surface area contributed by atoms with Crippen LogP contribution in [-0.4, -0.2) is 50.0 Å². The molecule has 0 bridgehead atoms. The van der Waals surface area contributed by atoms with E-state index in [1.165, 1.54) is 60.0 Å². The average molecular weight is 569 g/mol. The Labute approximate surface area is 231 Å². The number of benzene rings is 3. The van der Waals surface area contributed by atoms with Crippen LogP contribution in [0.1, 0.15) is 42.6 Å². The summed E-state index contributed by atoms with van der Waals surface area (Å²) in [4.78, 5) is 18.2. The second kappa shape index (κ2) is 12.5. The third-order valence-electron chi connectivity index (χ3n) is 5.86. The van der Waals surface area contributed by atoms with E-state index in [0.29, 0.717) is 29.1 Å². The Kier molecular flexibility index (Phi) is 9.05. The first-order valence-electron chi connectivity index (χ1n) is 12.5. The van der Waals surface area contributed by atoms with Crippen LogP contribution in [0.3, 0.4) is 0 Å². The number of rotatable bonds is 11. The van der Waals surface area contributed by atoms with Crippen LogP contribution in [0.5, 0.6) is 5.75 Å². The molecule has 204 valence electrons. The molecule has 0 spiro atoms. The largest absolute Gasteiger partial charge is 0.494 e. The highest BCUT2D eigenvalue weighted by Crippen LogP contribution is 2.31. The summed E-state index contributed by atoms with van der Waals surface area (Å²) in [6.45, 7) is 4.84. The van der Waals surface area contributed by atoms with Crippen molar-refractivity contribution < 1.29 is 22.3 Å². The summed E-state index contributed by atoms with van der Waals surface area (Å²) in [5.74, 6) is -0.208. The Morgan fingerprint density at radius 1 is 1.08 bits per heavy atom. The summed E-state index contributed by atoms with van der Waals surface area (Å²) in [5, 5.41) is 5.80. The van der Waals surface area contributed by atoms with Crippen molar-refractivity contribution in [1.29, 1.82) is 0 Å². The molecule has 0 saturated carbocycles. The standard InChI is InChI=1S/C28H29FN4O4S2/c1-4-6-17-32(3)39(35,36)24-14-9-21(10-15-24)27(34)33(28-31-25-16-11-22(29)18-26(25)38-28)30-19-20-7-12-23(13-8-20)37-5-2/h7-16,18-19H,4-6,17H2,1-3H3/b30-19+. The lowest BCUT2D eigenvalue weighted by atomic mass is 10.2. The van der Waals surface area contributed by atoms with Gasteiger partial charge in [0.25, 0.3) is 5.91 Å². The zero-order chi connectivity index (χ0) is 28.0. The molecule has 0 atom stereocenters. The van der Waals surface area contributed by atoms with Crippen molar-refractivity contribution in [3.8, 4) is 5.75 Å². The van der Waals surface area contributed by atoms with E-state index in [0.717, 1.165) is 34.8 Å². The number of carbonyl (C=O) groups is 1. The molecule has 3 aromatic carbocycles. The van der Waals surface area contributed by atoms with Crippen LogP contribution >= 0.6 is 11.3 Å². The van der Waals surface area contributed by atoms with E-state index in [4.69, 9.17) is 4.74 Å². The van der Waals surface area contributed by atoms with Crippen molar-refractivity contribution in [2.75, 3.05) is 25.2 Å². The Morgan fingerprint density at radius 2 is 1.79 bits per heavy atom. The van der Waals surface area contributed by atoms with E-state index in [1.54, 1.807) is 24.3 Å². The molecule has 0 unspecified atom stereocenters. The lowest BCUT2D eigenvalue weighted by Gasteiger charge is -2.17. The molecule has 1 heterocycles. The molecular formula is C28H29FN4O4S2. The summed E-state index contributed by atoms with van der Waals surface area (Å²) in [7, 11) is -2.14. The number of nitrogens with zero attached hydrogens (tertiary/aromatic N) is 4. The smallest absolute Gasteiger partial charge is 0.280 e. The molecule has 0 N–H and O–H groups in total. The van der Waals surface area contributed by atoms with Crippen molar-refractivity contribution in [3.63, 3.8) is 0 Å². The number of anilines is 1. The van der Waals surface area contributed by atoms with Crippen LogP contribution in [0, 0.1) is 5.82 Å². The molecule has 1 aromatic heterocycles. The first-order chi connectivity index (χ1) is 18.7. The van der Waals surface area contributed by atoms with Gasteiger partial charge < -0.3 is 4.74 Å². The molecule has 0 radical (unpaired) electrons. The number of aromatic nitrogens is 1. The van der Waals surface area contributed by atoms with E-state index in [2.05, 4.69) is 10.1 Å². The molecule has 0 aliphatic rings. The molecule has 0 aliphatic carbocycles. The number of amides is 1. The summed E-state index contributed by atoms with van der Waals surface area (Å²) < 4.78 is 46.9. The predicted molar refractivity (Wildman–Crippen MR) is 153 cm³/mol. The zero-order valence-electron chi connectivity index (χ0n) is 21.9. The van der Waals surface area contributed by atoms with Gasteiger partial charge in [0.15, 0.2) is 0 Å². The van der Waals surface area contributed by atoms with E-state index >= 15 is 0 Å². The highest BCUT2D eigenvalue weighted by molar-refractivity contribution is 7.89. The number of thiazole rings is 1. The van der Waals surface area contributed by atoms with Crippen molar-refractivity contribution in [2.24, 2.45) is 5.10 Å². The maximum atomic E-state index is 13.8. The maximum Gasteiger partial charge on any atom is 0.280 e. The van der Waals surface area contributed by atoms with Gasteiger partial charge in [-0.05, 0) is 85.6 Å². The Bertz CT molecular complexity index is 1570. The SMILES string of the molecule is CCCCN(C)S(=O)(=O)c1ccc(C(=O)N(/N=C/c2ccc(OCC)cc2)c2nc3ccc(F)cc3s2)cc1. The first-order valence-corrected chi connectivity index (χ1v) is 14.7. The van der Waals surface area contributed by atoms with Gasteiger partial charge in [0.1, 0.15) is 11.6 Å². The van der Waals surface area contributed by atoms with Gasteiger partial charge in [0.2, 0.25) is 15.2 Å². The van der Waals surface area contributed by atoms with E-state index in [1.807, 2.05) is 13.8 Å². The van der Waals surface area contributed by atoms with Crippen LogP contribution in [-0.2, 0) is 10.0 Å². The topological polar surface area (TPSA) is 92.2 Å². The Balaban J connectivity index is 1.66. The Morgan fingerprint density at radius 3 is 2.46 bits per heavy atom. The van der Waals surface area contributed by atoms with Crippen LogP contribution in [0.2, 0.25) is 0 Å². The number of fused-ring (bicyclic) bond motifs is 1. The predicted octanol–water partition coefficient (Wildman–Crippen LogP) is 5.94. The molecule has 0 saturated heterocycles. The maximum absolute atomic E-state index is 13.8. The lowest BCUT2D eigenvalue weighted by molar-refractivity contribution is 0.0987. The molecule has 1 amide bonds. The van der Waals surface area contributed by atoms with Crippen LogP contribution in [0.4, 0.5) is 9.52 Å². The third kappa shape index (κ3) is 6.67. The van der Waals surface area contributed by atoms with Crippen LogP contribution in [0.25, 0.3) is 10.2 Å². The Hall–Kier alpha value is -3.67. The number of hydrogen-bond donors (Lipinski definition) is 0. The first kappa shape index (κ1) is 28.3. The minimum Gasteiger partial charge on any atom is -0.494 e. The zero-order valence-corrected chi connectivity index (χ0v) is 23.5. The number of sulfonamides is 1. The number of halogens is 1. The van der Waals surface area contributed by atoms with E-state index in [-0.39, 0.29) is 15.6 Å². The molecule has 4 rings (SSSR count). The quantitative estimate of drug-likeness (QED) is 0.165. The normalized spacial score (nSPS) is 11.9. The van der Waals surface area contributed by atoms with Crippen molar-refractivity contribution >= 4 is 48.8 Å². The van der Waals surface area contributed by atoms with Gasteiger partial charge in [-0.25, -0.2) is 22.1 Å². The molecule has 11 heteroatoms. The molecular weight excluding hydrogens is 539 g/mol. The fourth-order valence-electron chi connectivity index (χ4n) is 3.68. The highest BCUT2D eigenvalue weighted by Gasteiger charge is 2.24. The summed E-state index contributed by atoms with van der Waals surface area (Å²) in [6, 6.07) is 17.1. The highest BCUT2D eigenvalue weighted by atomic mass is 32.2. The fourth-order valence-corrected chi connectivity index (χ4v) is 5.84. The van der Waals surface area contributed by atoms with E-state index in [9.17, 15) is 17.6 Å². The monoisotopic (exact) mass is 568 g/mol. The van der Waals surface area contributed by atoms with Gasteiger partial charge in [0.05, 0.1) is 27.9 Å². The minimum absolute atomic E-state index is 0.0950. The second-order valence-corrected chi connectivity index (χ2v) is 11.7. The number of carbonyl (C=O) groups excluding carboxylic acids is 1. The van der Waals surface area contributed by atoms with Crippen molar-refractivity contribution in [2.45, 2.75) is 31.6 Å². The number of hydrogen-bond acceptors (Lipinski definition) is 7. The summed E-state index contributed by atoms with van der Waals surface area (Å²) in [5.41, 5.74) is 1.47. The van der Waals surface area contributed by atoms with Crippen molar-refractivity contribution in [1.82, 2.24) is 9.29 Å². The number of hydrazone groups is 1. The number of unbranched alkanes of at least 4 members (excludes halogenated alkanes) is 1. The molecule has 0 fully saturated rings. The molecule has 39 heavy (non-hydrogen) atoms. The van der Waals surface area contributed by atoms with Gasteiger partial charge in [-0.3, -0.25) is 4.79 Å². The van der Waals surface area contributed by atoms with Crippen LogP contribution < -0.4 is 9.75 Å². The van der Waals surface area contributed by atoms with Gasteiger partial charge in [0, 0.05) is 19.2 Å². The van der Waals surface area contributed by atoms with Gasteiger partial charge in [-0.15, -0.1) is 0 Å². The third-order valence-corrected chi connectivity index (χ3v) is 8.73.